The van der Waals surface area contributed by atoms with E-state index in [1.165, 1.54) is 4.90 Å². The van der Waals surface area contributed by atoms with E-state index in [1.807, 2.05) is 36.4 Å². The van der Waals surface area contributed by atoms with Gasteiger partial charge < -0.3 is 10.6 Å². The summed E-state index contributed by atoms with van der Waals surface area (Å²) in [5.74, 6) is 0.318. The van der Waals surface area contributed by atoms with E-state index < -0.39 is 11.0 Å². The Morgan fingerprint density at radius 3 is 2.68 bits per heavy atom. The Morgan fingerprint density at radius 2 is 1.86 bits per heavy atom. The average molecular weight is 514 g/mol. The maximum atomic E-state index is 13.1. The van der Waals surface area contributed by atoms with Gasteiger partial charge in [0.05, 0.1) is 10.4 Å². The fraction of sp³-hybridized carbons (Fsp3) is 0.250. The summed E-state index contributed by atoms with van der Waals surface area (Å²) >= 11 is 6.37. The van der Waals surface area contributed by atoms with Gasteiger partial charge in [-0.3, -0.25) is 24.3 Å². The molecule has 3 aromatic rings. The molecule has 0 radical (unpaired) electrons. The molecule has 3 aliphatic rings. The van der Waals surface area contributed by atoms with Crippen LogP contribution in [0.2, 0.25) is 5.02 Å². The standard InChI is InChI=1S/C28H24ClN5O3/c1-27(2)26(37)34(24(33-27)19-6-3-4-8-21(19)29)15-22(35)31-18-10-9-16-13-28(14-17(16)12-18)20-7-5-11-30-23(20)32-25(28)36/h3-12H,13-15H2,1-2H3,(H,31,35)(H,30,32,36)/t28-/m1/s1. The fourth-order valence-electron chi connectivity index (χ4n) is 5.48. The minimum Gasteiger partial charge on any atom is -0.325 e. The van der Waals surface area contributed by atoms with Crippen LogP contribution in [0.5, 0.6) is 0 Å². The van der Waals surface area contributed by atoms with E-state index in [0.29, 0.717) is 40.8 Å². The number of hydrogen-bond acceptors (Lipinski definition) is 5. The lowest BCUT2D eigenvalue weighted by Gasteiger charge is -2.21. The normalized spacial score (nSPS) is 21.1. The second-order valence-electron chi connectivity index (χ2n) is 10.2. The molecule has 2 N–H and O–H groups in total. The molecule has 3 heterocycles. The zero-order valence-corrected chi connectivity index (χ0v) is 21.1. The number of rotatable bonds is 4. The molecule has 0 saturated carbocycles. The summed E-state index contributed by atoms with van der Waals surface area (Å²) in [7, 11) is 0. The number of aromatic nitrogens is 1. The van der Waals surface area contributed by atoms with Crippen LogP contribution in [-0.2, 0) is 32.6 Å². The summed E-state index contributed by atoms with van der Waals surface area (Å²) in [6.45, 7) is 3.23. The van der Waals surface area contributed by atoms with Crippen LogP contribution in [0.1, 0.15) is 36.1 Å². The SMILES string of the molecule is CC1(C)N=C(c2ccccc2Cl)N(CC(=O)Nc2ccc3c(c2)C[C@@]2(C3)C(=O)Nc3ncccc32)C1=O. The van der Waals surface area contributed by atoms with Gasteiger partial charge in [-0.2, -0.15) is 0 Å². The Labute approximate surface area is 218 Å². The number of hydrogen-bond donors (Lipinski definition) is 2. The molecule has 37 heavy (non-hydrogen) atoms. The Balaban J connectivity index is 1.21. The quantitative estimate of drug-likeness (QED) is 0.554. The van der Waals surface area contributed by atoms with Crippen molar-refractivity contribution >= 4 is 46.7 Å². The van der Waals surface area contributed by atoms with Crippen molar-refractivity contribution in [2.45, 2.75) is 37.6 Å². The molecule has 6 rings (SSSR count). The van der Waals surface area contributed by atoms with E-state index in [0.717, 1.165) is 16.7 Å². The van der Waals surface area contributed by atoms with Crippen LogP contribution in [0.25, 0.3) is 0 Å². The molecule has 8 nitrogen and oxygen atoms in total. The van der Waals surface area contributed by atoms with Crippen molar-refractivity contribution in [1.29, 1.82) is 0 Å². The first-order valence-electron chi connectivity index (χ1n) is 12.0. The Bertz CT molecular complexity index is 1530. The zero-order valence-electron chi connectivity index (χ0n) is 20.3. The number of pyridine rings is 1. The lowest BCUT2D eigenvalue weighted by atomic mass is 9.79. The number of amidine groups is 1. The first kappa shape index (κ1) is 23.4. The van der Waals surface area contributed by atoms with Crippen molar-refractivity contribution in [1.82, 2.24) is 9.88 Å². The second kappa shape index (κ2) is 8.24. The van der Waals surface area contributed by atoms with Crippen molar-refractivity contribution in [2.75, 3.05) is 17.2 Å². The number of nitrogens with one attached hydrogen (secondary N) is 2. The summed E-state index contributed by atoms with van der Waals surface area (Å²) in [5, 5.41) is 6.27. The molecule has 1 atom stereocenters. The number of amides is 3. The largest absolute Gasteiger partial charge is 0.325 e. The molecule has 1 spiro atoms. The molecule has 0 fully saturated rings. The molecular weight excluding hydrogens is 490 g/mol. The molecular formula is C28H24ClN5O3. The maximum Gasteiger partial charge on any atom is 0.256 e. The number of benzene rings is 2. The molecule has 1 aliphatic carbocycles. The highest BCUT2D eigenvalue weighted by Gasteiger charge is 2.51. The number of aliphatic imine (C=N–C) groups is 1. The van der Waals surface area contributed by atoms with Crippen LogP contribution in [0.4, 0.5) is 11.5 Å². The minimum atomic E-state index is -0.996. The minimum absolute atomic E-state index is 0.0514. The highest BCUT2D eigenvalue weighted by Crippen LogP contribution is 2.47. The lowest BCUT2D eigenvalue weighted by molar-refractivity contribution is -0.132. The number of anilines is 2. The number of carbonyl (C=O) groups is 3. The fourth-order valence-corrected chi connectivity index (χ4v) is 5.70. The average Bonchev–Trinajstić information content (AvgIpc) is 3.45. The molecule has 0 saturated heterocycles. The highest BCUT2D eigenvalue weighted by atomic mass is 35.5. The number of carbonyl (C=O) groups excluding carboxylic acids is 3. The van der Waals surface area contributed by atoms with E-state index in [9.17, 15) is 14.4 Å². The molecule has 186 valence electrons. The third-order valence-electron chi connectivity index (χ3n) is 7.29. The predicted octanol–water partition coefficient (Wildman–Crippen LogP) is 3.73. The van der Waals surface area contributed by atoms with Gasteiger partial charge in [-0.05, 0) is 68.1 Å². The molecule has 3 amide bonds. The van der Waals surface area contributed by atoms with Crippen LogP contribution < -0.4 is 10.6 Å². The van der Waals surface area contributed by atoms with Gasteiger partial charge in [0.2, 0.25) is 11.8 Å². The number of fused-ring (bicyclic) bond motifs is 3. The molecule has 1 aromatic heterocycles. The first-order chi connectivity index (χ1) is 17.7. The molecule has 2 aliphatic heterocycles. The lowest BCUT2D eigenvalue weighted by Crippen LogP contribution is -2.43. The first-order valence-corrected chi connectivity index (χ1v) is 12.4. The second-order valence-corrected chi connectivity index (χ2v) is 10.6. The van der Waals surface area contributed by atoms with Crippen LogP contribution in [0.3, 0.4) is 0 Å². The van der Waals surface area contributed by atoms with E-state index in [4.69, 9.17) is 11.6 Å². The van der Waals surface area contributed by atoms with Crippen molar-refractivity contribution < 1.29 is 14.4 Å². The van der Waals surface area contributed by atoms with Gasteiger partial charge in [0.15, 0.2) is 0 Å². The molecule has 0 bridgehead atoms. The van der Waals surface area contributed by atoms with Gasteiger partial charge in [0.1, 0.15) is 23.7 Å². The summed E-state index contributed by atoms with van der Waals surface area (Å²) in [6.07, 6.45) is 2.77. The van der Waals surface area contributed by atoms with Gasteiger partial charge in [-0.15, -0.1) is 0 Å². The summed E-state index contributed by atoms with van der Waals surface area (Å²) in [5.41, 5.74) is 2.50. The van der Waals surface area contributed by atoms with Crippen LogP contribution >= 0.6 is 11.6 Å². The Morgan fingerprint density at radius 1 is 1.08 bits per heavy atom. The summed E-state index contributed by atoms with van der Waals surface area (Å²) in [4.78, 5) is 49.4. The maximum absolute atomic E-state index is 13.1. The van der Waals surface area contributed by atoms with Crippen LogP contribution in [-0.4, -0.2) is 45.5 Å². The predicted molar refractivity (Wildman–Crippen MR) is 141 cm³/mol. The van der Waals surface area contributed by atoms with E-state index in [-0.39, 0.29) is 24.3 Å². The van der Waals surface area contributed by atoms with Gasteiger partial charge in [0.25, 0.3) is 5.91 Å². The third kappa shape index (κ3) is 3.71. The third-order valence-corrected chi connectivity index (χ3v) is 7.62. The van der Waals surface area contributed by atoms with Crippen molar-refractivity contribution in [2.24, 2.45) is 4.99 Å². The number of nitrogens with zero attached hydrogens (tertiary/aromatic N) is 3. The van der Waals surface area contributed by atoms with Crippen molar-refractivity contribution in [3.05, 3.63) is 88.1 Å². The number of halogens is 1. The molecule has 0 unspecified atom stereocenters. The molecule has 2 aromatic carbocycles. The summed E-state index contributed by atoms with van der Waals surface area (Å²) < 4.78 is 0. The van der Waals surface area contributed by atoms with Gasteiger partial charge in [-0.25, -0.2) is 4.98 Å². The van der Waals surface area contributed by atoms with Crippen molar-refractivity contribution in [3.8, 4) is 0 Å². The highest BCUT2D eigenvalue weighted by molar-refractivity contribution is 6.35. The smallest absolute Gasteiger partial charge is 0.256 e. The van der Waals surface area contributed by atoms with E-state index in [2.05, 4.69) is 20.6 Å². The summed E-state index contributed by atoms with van der Waals surface area (Å²) in [6, 6.07) is 16.6. The van der Waals surface area contributed by atoms with E-state index >= 15 is 0 Å². The van der Waals surface area contributed by atoms with Gasteiger partial charge >= 0.3 is 0 Å². The zero-order chi connectivity index (χ0) is 25.9. The van der Waals surface area contributed by atoms with E-state index in [1.54, 1.807) is 38.2 Å². The van der Waals surface area contributed by atoms with Gasteiger partial charge in [-0.1, -0.05) is 35.9 Å². The van der Waals surface area contributed by atoms with Crippen molar-refractivity contribution in [3.63, 3.8) is 0 Å². The van der Waals surface area contributed by atoms with Crippen LogP contribution in [0, 0.1) is 0 Å². The monoisotopic (exact) mass is 513 g/mol. The van der Waals surface area contributed by atoms with Crippen LogP contribution in [0.15, 0.2) is 65.8 Å². The molecule has 9 heteroatoms. The Hall–Kier alpha value is -4.04. The van der Waals surface area contributed by atoms with Gasteiger partial charge in [0, 0.05) is 23.0 Å². The topological polar surface area (TPSA) is 104 Å². The Kier molecular flexibility index (Phi) is 5.21.